The van der Waals surface area contributed by atoms with Crippen LogP contribution in [0.25, 0.3) is 0 Å². The van der Waals surface area contributed by atoms with E-state index in [0.29, 0.717) is 33.5 Å². The lowest BCUT2D eigenvalue weighted by atomic mass is 10.1. The number of carbonyl (C=O) groups is 2. The number of nitrogens with zero attached hydrogens (tertiary/aromatic N) is 1. The van der Waals surface area contributed by atoms with Crippen LogP contribution < -0.4 is 14.8 Å². The molecular weight excluding hydrogens is 451 g/mol. The van der Waals surface area contributed by atoms with Crippen LogP contribution in [0.1, 0.15) is 39.7 Å². The van der Waals surface area contributed by atoms with Gasteiger partial charge in [0.25, 0.3) is 5.91 Å². The monoisotopic (exact) mass is 480 g/mol. The zero-order valence-corrected chi connectivity index (χ0v) is 20.6. The highest BCUT2D eigenvalue weighted by molar-refractivity contribution is 6.36. The van der Waals surface area contributed by atoms with Crippen molar-refractivity contribution in [2.45, 2.75) is 52.2 Å². The summed E-state index contributed by atoms with van der Waals surface area (Å²) in [6, 6.07) is 11.3. The maximum Gasteiger partial charge on any atom is 0.261 e. The van der Waals surface area contributed by atoms with Gasteiger partial charge in [-0.2, -0.15) is 0 Å². The minimum absolute atomic E-state index is 0.0827. The first-order chi connectivity index (χ1) is 15.1. The molecule has 8 heteroatoms. The van der Waals surface area contributed by atoms with Crippen molar-refractivity contribution in [2.75, 3.05) is 13.7 Å². The van der Waals surface area contributed by atoms with Gasteiger partial charge in [0, 0.05) is 27.7 Å². The molecule has 2 aromatic rings. The Morgan fingerprint density at radius 3 is 2.09 bits per heavy atom. The molecule has 0 heterocycles. The average molecular weight is 481 g/mol. The Kier molecular flexibility index (Phi) is 9.22. The number of carbonyl (C=O) groups excluding carboxylic acids is 2. The highest BCUT2D eigenvalue weighted by atomic mass is 35.5. The molecule has 2 amide bonds. The molecular formula is C24H30Cl2N2O4. The van der Waals surface area contributed by atoms with Gasteiger partial charge in [-0.25, -0.2) is 0 Å². The van der Waals surface area contributed by atoms with Crippen LogP contribution in [-0.2, 0) is 16.1 Å². The lowest BCUT2D eigenvalue weighted by Gasteiger charge is -2.33. The predicted octanol–water partition coefficient (Wildman–Crippen LogP) is 5.10. The summed E-state index contributed by atoms with van der Waals surface area (Å²) >= 11 is 12.7. The fourth-order valence-corrected chi connectivity index (χ4v) is 3.64. The Morgan fingerprint density at radius 1 is 1.03 bits per heavy atom. The van der Waals surface area contributed by atoms with E-state index in [0.717, 1.165) is 0 Å². The van der Waals surface area contributed by atoms with Crippen LogP contribution in [-0.4, -0.2) is 42.0 Å². The van der Waals surface area contributed by atoms with Crippen molar-refractivity contribution < 1.29 is 19.1 Å². The molecule has 0 radical (unpaired) electrons. The van der Waals surface area contributed by atoms with E-state index >= 15 is 0 Å². The molecule has 0 fully saturated rings. The van der Waals surface area contributed by atoms with E-state index < -0.39 is 11.6 Å². The van der Waals surface area contributed by atoms with Crippen LogP contribution >= 0.6 is 23.2 Å². The molecule has 0 aliphatic rings. The molecule has 1 N–H and O–H groups in total. The molecule has 2 rings (SSSR count). The van der Waals surface area contributed by atoms with Crippen LogP contribution in [0.5, 0.6) is 11.5 Å². The number of amides is 2. The summed E-state index contributed by atoms with van der Waals surface area (Å²) in [5.41, 5.74) is 0.136. The number of halogens is 2. The van der Waals surface area contributed by atoms with E-state index in [9.17, 15) is 9.59 Å². The summed E-state index contributed by atoms with van der Waals surface area (Å²) < 4.78 is 10.8. The van der Waals surface area contributed by atoms with Crippen molar-refractivity contribution in [3.63, 3.8) is 0 Å². The maximum atomic E-state index is 13.2. The zero-order valence-electron chi connectivity index (χ0n) is 19.1. The van der Waals surface area contributed by atoms with Crippen LogP contribution in [0.3, 0.4) is 0 Å². The van der Waals surface area contributed by atoms with Gasteiger partial charge < -0.3 is 19.7 Å². The Morgan fingerprint density at radius 2 is 1.59 bits per heavy atom. The zero-order chi connectivity index (χ0) is 23.9. The lowest BCUT2D eigenvalue weighted by molar-refractivity contribution is -0.143. The third-order valence-electron chi connectivity index (χ3n) is 4.70. The number of hydrogen-bond donors (Lipinski definition) is 1. The topological polar surface area (TPSA) is 67.9 Å². The first-order valence-corrected chi connectivity index (χ1v) is 11.1. The van der Waals surface area contributed by atoms with Crippen LogP contribution in [0, 0.1) is 0 Å². The number of methoxy groups -OCH3 is 1. The van der Waals surface area contributed by atoms with Crippen molar-refractivity contribution in [2.24, 2.45) is 0 Å². The third-order valence-corrected chi connectivity index (χ3v) is 5.40. The van der Waals surface area contributed by atoms with Gasteiger partial charge in [0.15, 0.2) is 6.61 Å². The number of benzene rings is 2. The second-order valence-electron chi connectivity index (χ2n) is 8.35. The van der Waals surface area contributed by atoms with Gasteiger partial charge in [-0.3, -0.25) is 9.59 Å². The fourth-order valence-electron chi connectivity index (χ4n) is 3.13. The van der Waals surface area contributed by atoms with Gasteiger partial charge in [-0.05, 0) is 63.6 Å². The normalized spacial score (nSPS) is 12.1. The third kappa shape index (κ3) is 7.31. The minimum Gasteiger partial charge on any atom is -0.497 e. The predicted molar refractivity (Wildman–Crippen MR) is 127 cm³/mol. The van der Waals surface area contributed by atoms with Gasteiger partial charge in [0.1, 0.15) is 17.5 Å². The van der Waals surface area contributed by atoms with Crippen LogP contribution in [0.2, 0.25) is 10.0 Å². The molecule has 32 heavy (non-hydrogen) atoms. The first kappa shape index (κ1) is 25.8. The highest BCUT2D eigenvalue weighted by Gasteiger charge is 2.31. The second kappa shape index (κ2) is 11.4. The Bertz CT molecular complexity index is 906. The van der Waals surface area contributed by atoms with E-state index in [4.69, 9.17) is 32.7 Å². The van der Waals surface area contributed by atoms with E-state index in [1.807, 2.05) is 27.7 Å². The number of nitrogens with one attached hydrogen (secondary N) is 1. The molecule has 6 nitrogen and oxygen atoms in total. The van der Waals surface area contributed by atoms with Gasteiger partial charge in [-0.15, -0.1) is 0 Å². The summed E-state index contributed by atoms with van der Waals surface area (Å²) in [7, 11) is 1.57. The van der Waals surface area contributed by atoms with Gasteiger partial charge in [0.05, 0.1) is 7.11 Å². The molecule has 0 aromatic heterocycles. The summed E-state index contributed by atoms with van der Waals surface area (Å²) in [6.07, 6.45) is 0.415. The molecule has 1 atom stereocenters. The molecule has 174 valence electrons. The minimum atomic E-state index is -0.714. The Hall–Kier alpha value is -2.44. The van der Waals surface area contributed by atoms with E-state index in [1.165, 1.54) is 4.90 Å². The summed E-state index contributed by atoms with van der Waals surface area (Å²) in [5.74, 6) is 0.597. The van der Waals surface area contributed by atoms with Gasteiger partial charge in [0.2, 0.25) is 5.91 Å². The molecule has 0 bridgehead atoms. The quantitative estimate of drug-likeness (QED) is 0.541. The lowest BCUT2D eigenvalue weighted by Crippen LogP contribution is -2.54. The van der Waals surface area contributed by atoms with Crippen LogP contribution in [0.15, 0.2) is 42.5 Å². The molecule has 2 aromatic carbocycles. The van der Waals surface area contributed by atoms with E-state index in [1.54, 1.807) is 49.6 Å². The number of rotatable bonds is 9. The van der Waals surface area contributed by atoms with E-state index in [2.05, 4.69) is 5.32 Å². The smallest absolute Gasteiger partial charge is 0.261 e. The van der Waals surface area contributed by atoms with Gasteiger partial charge in [-0.1, -0.05) is 36.2 Å². The van der Waals surface area contributed by atoms with Crippen LogP contribution in [0.4, 0.5) is 0 Å². The summed E-state index contributed by atoms with van der Waals surface area (Å²) in [6.45, 7) is 7.36. The largest absolute Gasteiger partial charge is 0.497 e. The Balaban J connectivity index is 2.28. The summed E-state index contributed by atoms with van der Waals surface area (Å²) in [5, 5.41) is 3.81. The summed E-state index contributed by atoms with van der Waals surface area (Å²) in [4.78, 5) is 27.7. The molecule has 0 unspecified atom stereocenters. The fraction of sp³-hybridized carbons (Fsp3) is 0.417. The average Bonchev–Trinajstić information content (AvgIpc) is 2.73. The molecule has 0 aliphatic heterocycles. The van der Waals surface area contributed by atoms with Crippen molar-refractivity contribution in [1.29, 1.82) is 0 Å². The van der Waals surface area contributed by atoms with Crippen molar-refractivity contribution >= 4 is 35.0 Å². The maximum absolute atomic E-state index is 13.2. The van der Waals surface area contributed by atoms with Crippen molar-refractivity contribution in [3.05, 3.63) is 58.1 Å². The Labute approximate surface area is 199 Å². The first-order valence-electron chi connectivity index (χ1n) is 10.4. The number of hydrogen-bond acceptors (Lipinski definition) is 4. The van der Waals surface area contributed by atoms with Crippen molar-refractivity contribution in [3.8, 4) is 11.5 Å². The SMILES string of the molecule is CC[C@@H](C(=O)NC(C)(C)C)N(Cc1c(Cl)cccc1Cl)C(=O)COc1ccc(OC)cc1. The molecule has 0 spiro atoms. The van der Waals surface area contributed by atoms with Gasteiger partial charge >= 0.3 is 0 Å². The molecule has 0 aliphatic carbocycles. The molecule has 0 saturated carbocycles. The molecule has 0 saturated heterocycles. The number of ether oxygens (including phenoxy) is 2. The second-order valence-corrected chi connectivity index (χ2v) is 9.16. The van der Waals surface area contributed by atoms with Crippen molar-refractivity contribution in [1.82, 2.24) is 10.2 Å². The standard InChI is InChI=1S/C24H30Cl2N2O4/c1-6-21(23(30)27-24(2,3)4)28(14-18-19(25)8-7-9-20(18)26)22(29)15-32-17-12-10-16(31-5)11-13-17/h7-13,21H,6,14-15H2,1-5H3,(H,27,30)/t21-/m0/s1. The highest BCUT2D eigenvalue weighted by Crippen LogP contribution is 2.27. The van der Waals surface area contributed by atoms with E-state index in [-0.39, 0.29) is 25.0 Å².